The topological polar surface area (TPSA) is 46.5 Å². The molecule has 0 aliphatic rings. The lowest BCUT2D eigenvalue weighted by atomic mass is 10.0. The molecule has 0 aromatic carbocycles. The molecule has 294 valence electrons. The van der Waals surface area contributed by atoms with Gasteiger partial charge in [-0.2, -0.15) is 0 Å². The molecule has 0 aromatic heterocycles. The Balaban J connectivity index is 3.22. The molecule has 0 radical (unpaired) electrons. The van der Waals surface area contributed by atoms with Gasteiger partial charge in [-0.15, -0.1) is 0 Å². The van der Waals surface area contributed by atoms with E-state index in [-0.39, 0.29) is 5.97 Å². The van der Waals surface area contributed by atoms with Gasteiger partial charge in [-0.05, 0) is 12.8 Å². The first-order valence-corrected chi connectivity index (χ1v) is 23.1. The van der Waals surface area contributed by atoms with Gasteiger partial charge in [-0.25, -0.2) is 0 Å². The van der Waals surface area contributed by atoms with Crippen molar-refractivity contribution in [3.05, 3.63) is 0 Å². The number of carbonyl (C=O) groups is 1. The molecule has 0 rings (SSSR count). The summed E-state index contributed by atoms with van der Waals surface area (Å²) in [6.45, 7) is 4.58. The molecule has 0 aliphatic heterocycles. The molecule has 1 unspecified atom stereocenters. The van der Waals surface area contributed by atoms with Crippen LogP contribution in [0.1, 0.15) is 284 Å². The average Bonchev–Trinajstić information content (AvgIpc) is 3.10. The largest absolute Gasteiger partial charge is 0.436 e. The SMILES string of the molecule is CCCCCCCCCCCCCCCCCCCCCCCCCCCCCC(O)OC(=O)CCCCCCCCCCCCCCC. The zero-order valence-corrected chi connectivity index (χ0v) is 34.0. The lowest BCUT2D eigenvalue weighted by molar-refractivity contribution is -0.168. The van der Waals surface area contributed by atoms with Crippen molar-refractivity contribution in [1.29, 1.82) is 0 Å². The minimum Gasteiger partial charge on any atom is -0.436 e. The number of ether oxygens (including phenoxy) is 1. The molecule has 49 heavy (non-hydrogen) atoms. The summed E-state index contributed by atoms with van der Waals surface area (Å²) in [4.78, 5) is 12.0. The second kappa shape index (κ2) is 43.6. The molecule has 0 aromatic rings. The molecular formula is C46H92O3. The molecule has 0 amide bonds. The van der Waals surface area contributed by atoms with Crippen molar-refractivity contribution >= 4 is 5.97 Å². The highest BCUT2D eigenvalue weighted by molar-refractivity contribution is 5.69. The first kappa shape index (κ1) is 48.4. The highest BCUT2D eigenvalue weighted by Gasteiger charge is 2.10. The Morgan fingerprint density at radius 3 is 0.796 bits per heavy atom. The van der Waals surface area contributed by atoms with E-state index in [9.17, 15) is 9.90 Å². The third-order valence-electron chi connectivity index (χ3n) is 10.8. The van der Waals surface area contributed by atoms with Gasteiger partial charge in [0.25, 0.3) is 0 Å². The fraction of sp³-hybridized carbons (Fsp3) is 0.978. The van der Waals surface area contributed by atoms with Crippen LogP contribution < -0.4 is 0 Å². The molecular weight excluding hydrogens is 601 g/mol. The monoisotopic (exact) mass is 693 g/mol. The van der Waals surface area contributed by atoms with Crippen LogP contribution in [0, 0.1) is 0 Å². The number of aliphatic hydroxyl groups is 1. The fourth-order valence-corrected chi connectivity index (χ4v) is 7.37. The molecule has 0 fully saturated rings. The fourth-order valence-electron chi connectivity index (χ4n) is 7.37. The van der Waals surface area contributed by atoms with E-state index in [1.807, 2.05) is 0 Å². The van der Waals surface area contributed by atoms with Crippen molar-refractivity contribution in [1.82, 2.24) is 0 Å². The standard InChI is InChI=1S/C46H92O3/c1-3-5-7-9-11-13-15-17-18-19-20-21-22-23-24-25-26-27-28-29-30-32-34-36-38-40-42-44-46(48)49-45(47)43-41-39-37-35-33-31-16-14-12-10-8-6-4-2/h46,48H,3-44H2,1-2H3. The Morgan fingerprint density at radius 2 is 0.551 bits per heavy atom. The van der Waals surface area contributed by atoms with Gasteiger partial charge in [-0.1, -0.05) is 258 Å². The minimum absolute atomic E-state index is 0.222. The van der Waals surface area contributed by atoms with E-state index in [4.69, 9.17) is 4.74 Å². The Bertz CT molecular complexity index is 605. The molecule has 0 aliphatic carbocycles. The summed E-state index contributed by atoms with van der Waals surface area (Å²) in [5, 5.41) is 10.1. The molecule has 3 heteroatoms. The number of carbonyl (C=O) groups excluding carboxylic acids is 1. The molecule has 1 atom stereocenters. The third kappa shape index (κ3) is 43.5. The number of unbranched alkanes of at least 4 members (excludes halogenated alkanes) is 38. The van der Waals surface area contributed by atoms with Crippen molar-refractivity contribution in [3.8, 4) is 0 Å². The summed E-state index contributed by atoms with van der Waals surface area (Å²) in [6.07, 6.45) is 54.8. The van der Waals surface area contributed by atoms with Crippen LogP contribution in [0.5, 0.6) is 0 Å². The van der Waals surface area contributed by atoms with Crippen LogP contribution in [0.2, 0.25) is 0 Å². The zero-order chi connectivity index (χ0) is 35.6. The molecule has 0 bridgehead atoms. The number of aliphatic hydroxyl groups excluding tert-OH is 1. The molecule has 3 nitrogen and oxygen atoms in total. The van der Waals surface area contributed by atoms with Crippen molar-refractivity contribution in [3.63, 3.8) is 0 Å². The maximum absolute atomic E-state index is 12.0. The Kier molecular flexibility index (Phi) is 43.1. The normalized spacial score (nSPS) is 12.1. The number of rotatable bonds is 43. The molecule has 0 saturated carbocycles. The van der Waals surface area contributed by atoms with Gasteiger partial charge < -0.3 is 9.84 Å². The predicted octanol–water partition coefficient (Wildman–Crippen LogP) is 16.3. The van der Waals surface area contributed by atoms with Crippen molar-refractivity contribution < 1.29 is 14.6 Å². The number of esters is 1. The first-order valence-electron chi connectivity index (χ1n) is 23.1. The highest BCUT2D eigenvalue weighted by atomic mass is 16.6. The minimum atomic E-state index is -0.909. The van der Waals surface area contributed by atoms with Crippen LogP contribution >= 0.6 is 0 Å². The Hall–Kier alpha value is -0.570. The quantitative estimate of drug-likeness (QED) is 0.0393. The maximum Gasteiger partial charge on any atom is 0.308 e. The molecule has 0 heterocycles. The van der Waals surface area contributed by atoms with E-state index in [1.165, 1.54) is 231 Å². The molecule has 1 N–H and O–H groups in total. The lowest BCUT2D eigenvalue weighted by Crippen LogP contribution is -2.17. The van der Waals surface area contributed by atoms with E-state index in [1.54, 1.807) is 0 Å². The van der Waals surface area contributed by atoms with Crippen molar-refractivity contribution in [2.24, 2.45) is 0 Å². The summed E-state index contributed by atoms with van der Waals surface area (Å²) in [6, 6.07) is 0. The Labute approximate surface area is 309 Å². The second-order valence-electron chi connectivity index (χ2n) is 15.9. The van der Waals surface area contributed by atoms with Gasteiger partial charge in [0.15, 0.2) is 0 Å². The second-order valence-corrected chi connectivity index (χ2v) is 15.9. The smallest absolute Gasteiger partial charge is 0.308 e. The van der Waals surface area contributed by atoms with Crippen LogP contribution in [0.25, 0.3) is 0 Å². The van der Waals surface area contributed by atoms with Gasteiger partial charge in [0.2, 0.25) is 6.29 Å². The van der Waals surface area contributed by atoms with Gasteiger partial charge in [-0.3, -0.25) is 4.79 Å². The number of hydrogen-bond donors (Lipinski definition) is 1. The van der Waals surface area contributed by atoms with E-state index < -0.39 is 6.29 Å². The van der Waals surface area contributed by atoms with Crippen LogP contribution in [-0.4, -0.2) is 17.4 Å². The summed E-state index contributed by atoms with van der Waals surface area (Å²) in [7, 11) is 0. The number of hydrogen-bond acceptors (Lipinski definition) is 3. The lowest BCUT2D eigenvalue weighted by Gasteiger charge is -2.12. The van der Waals surface area contributed by atoms with E-state index in [0.717, 1.165) is 25.7 Å². The average molecular weight is 693 g/mol. The first-order chi connectivity index (χ1) is 24.2. The van der Waals surface area contributed by atoms with Crippen molar-refractivity contribution in [2.75, 3.05) is 0 Å². The van der Waals surface area contributed by atoms with Crippen LogP contribution in [0.3, 0.4) is 0 Å². The van der Waals surface area contributed by atoms with Crippen LogP contribution in [0.4, 0.5) is 0 Å². The zero-order valence-electron chi connectivity index (χ0n) is 34.0. The van der Waals surface area contributed by atoms with Crippen LogP contribution in [0.15, 0.2) is 0 Å². The van der Waals surface area contributed by atoms with E-state index in [0.29, 0.717) is 12.8 Å². The molecule has 0 saturated heterocycles. The van der Waals surface area contributed by atoms with Gasteiger partial charge in [0.05, 0.1) is 0 Å². The van der Waals surface area contributed by atoms with Gasteiger partial charge >= 0.3 is 5.97 Å². The molecule has 0 spiro atoms. The summed E-state index contributed by atoms with van der Waals surface area (Å²) >= 11 is 0. The van der Waals surface area contributed by atoms with Crippen molar-refractivity contribution in [2.45, 2.75) is 290 Å². The maximum atomic E-state index is 12.0. The summed E-state index contributed by atoms with van der Waals surface area (Å²) in [5.74, 6) is -0.222. The predicted molar refractivity (Wildman–Crippen MR) is 217 cm³/mol. The van der Waals surface area contributed by atoms with E-state index >= 15 is 0 Å². The summed E-state index contributed by atoms with van der Waals surface area (Å²) in [5.41, 5.74) is 0. The Morgan fingerprint density at radius 1 is 0.347 bits per heavy atom. The van der Waals surface area contributed by atoms with E-state index in [2.05, 4.69) is 13.8 Å². The van der Waals surface area contributed by atoms with Crippen LogP contribution in [-0.2, 0) is 9.53 Å². The summed E-state index contributed by atoms with van der Waals surface area (Å²) < 4.78 is 5.23. The van der Waals surface area contributed by atoms with Gasteiger partial charge in [0.1, 0.15) is 0 Å². The third-order valence-corrected chi connectivity index (χ3v) is 10.8. The highest BCUT2D eigenvalue weighted by Crippen LogP contribution is 2.17. The van der Waals surface area contributed by atoms with Gasteiger partial charge in [0, 0.05) is 12.8 Å².